The van der Waals surface area contributed by atoms with Gasteiger partial charge in [0, 0.05) is 69.2 Å². The van der Waals surface area contributed by atoms with E-state index in [0.29, 0.717) is 43.8 Å². The molecule has 2 unspecified atom stereocenters. The van der Waals surface area contributed by atoms with Gasteiger partial charge in [-0.25, -0.2) is 8.78 Å². The van der Waals surface area contributed by atoms with Crippen LogP contribution in [0.15, 0.2) is 53.5 Å². The molecule has 1 saturated heterocycles. The number of halogens is 4. The van der Waals surface area contributed by atoms with Crippen LogP contribution < -0.4 is 25.2 Å². The fourth-order valence-electron chi connectivity index (χ4n) is 5.18. The van der Waals surface area contributed by atoms with E-state index >= 15 is 0 Å². The topological polar surface area (TPSA) is 129 Å². The van der Waals surface area contributed by atoms with Crippen LogP contribution in [0.4, 0.5) is 23.2 Å². The van der Waals surface area contributed by atoms with E-state index in [2.05, 4.69) is 10.1 Å². The van der Waals surface area contributed by atoms with Gasteiger partial charge in [0.05, 0.1) is 33.0 Å². The van der Waals surface area contributed by atoms with Crippen molar-refractivity contribution in [2.45, 2.75) is 45.8 Å². The van der Waals surface area contributed by atoms with E-state index in [1.54, 1.807) is 31.0 Å². The maximum absolute atomic E-state index is 14.6. The smallest absolute Gasteiger partial charge is 0.387 e. The molecular weight excluding hydrogens is 692 g/mol. The Balaban J connectivity index is 0.000000346. The van der Waals surface area contributed by atoms with Gasteiger partial charge in [-0.3, -0.25) is 19.2 Å². The van der Waals surface area contributed by atoms with Crippen LogP contribution in [-0.2, 0) is 19.1 Å². The number of carbonyl (C=O) groups excluding carboxylic acids is 3. The summed E-state index contributed by atoms with van der Waals surface area (Å²) in [5.41, 5.74) is 0.680. The number of alkyl halides is 2. The summed E-state index contributed by atoms with van der Waals surface area (Å²) in [6, 6.07) is 9.17. The molecule has 3 aromatic rings. The number of anilines is 1. The number of amides is 3. The minimum atomic E-state index is -2.85. The lowest BCUT2D eigenvalue weighted by Gasteiger charge is -2.26. The number of pyridine rings is 1. The predicted molar refractivity (Wildman–Crippen MR) is 186 cm³/mol. The zero-order valence-corrected chi connectivity index (χ0v) is 30.1. The largest absolute Gasteiger partial charge is 0.497 e. The first-order valence-corrected chi connectivity index (χ1v) is 16.3. The van der Waals surface area contributed by atoms with Crippen molar-refractivity contribution in [3.63, 3.8) is 0 Å². The molecule has 0 spiro atoms. The molecule has 52 heavy (non-hydrogen) atoms. The summed E-state index contributed by atoms with van der Waals surface area (Å²) in [5, 5.41) is 2.41. The van der Waals surface area contributed by atoms with Crippen LogP contribution in [0, 0.1) is 18.6 Å². The van der Waals surface area contributed by atoms with E-state index in [9.17, 15) is 36.7 Å². The van der Waals surface area contributed by atoms with E-state index in [-0.39, 0.29) is 46.8 Å². The summed E-state index contributed by atoms with van der Waals surface area (Å²) in [4.78, 5) is 49.0. The maximum atomic E-state index is 14.6. The number of aryl methyl sites for hydroxylation is 1. The number of rotatable bonds is 14. The van der Waals surface area contributed by atoms with Crippen LogP contribution >= 0.6 is 0 Å². The number of hydrogen-bond acceptors (Lipinski definition) is 8. The Labute approximate surface area is 300 Å². The standard InChI is InChI=1S/C22H28F2N2O4.C9H9F2NO2.C5H9NO2/c1-6-16(20-18(23)9-17(30-5)10-19(20)24)11-25(13-27)21-14(2)7-8-26(22(21)28)15(3)12-29-4;1-12-8(13)6-2-4-7(5-3-6)14-9(10)11;7-5-6-1-3-8-4-2-6/h7-10,13,15-16H,6,11-12H2,1-5H3;2-5,9H,1H3,(H,12,13);5H,1-4H2. The van der Waals surface area contributed by atoms with Gasteiger partial charge in [0.25, 0.3) is 11.5 Å². The number of aromatic nitrogens is 1. The summed E-state index contributed by atoms with van der Waals surface area (Å²) >= 11 is 0. The van der Waals surface area contributed by atoms with Gasteiger partial charge in [-0.1, -0.05) is 6.92 Å². The van der Waals surface area contributed by atoms with Crippen molar-refractivity contribution in [1.82, 2.24) is 14.8 Å². The van der Waals surface area contributed by atoms with Gasteiger partial charge in [-0.2, -0.15) is 8.78 Å². The van der Waals surface area contributed by atoms with Gasteiger partial charge in [0.1, 0.15) is 28.8 Å². The maximum Gasteiger partial charge on any atom is 0.387 e. The van der Waals surface area contributed by atoms with Crippen LogP contribution in [0.3, 0.4) is 0 Å². The molecule has 286 valence electrons. The summed E-state index contributed by atoms with van der Waals surface area (Å²) in [6.07, 6.45) is 3.40. The number of nitrogens with one attached hydrogen (secondary N) is 1. The Morgan fingerprint density at radius 3 is 2.12 bits per heavy atom. The minimum Gasteiger partial charge on any atom is -0.497 e. The molecule has 1 aromatic heterocycles. The van der Waals surface area contributed by atoms with Crippen LogP contribution in [0.1, 0.15) is 53.7 Å². The van der Waals surface area contributed by atoms with Gasteiger partial charge in [-0.05, 0) is 56.2 Å². The lowest BCUT2D eigenvalue weighted by Crippen LogP contribution is -2.36. The molecule has 0 bridgehead atoms. The molecule has 0 aliphatic carbocycles. The van der Waals surface area contributed by atoms with Crippen LogP contribution in [0.25, 0.3) is 0 Å². The van der Waals surface area contributed by atoms with Gasteiger partial charge >= 0.3 is 6.61 Å². The van der Waals surface area contributed by atoms with Crippen molar-refractivity contribution in [3.8, 4) is 11.5 Å². The van der Waals surface area contributed by atoms with Crippen LogP contribution in [0.5, 0.6) is 11.5 Å². The zero-order chi connectivity index (χ0) is 38.8. The first-order valence-electron chi connectivity index (χ1n) is 16.3. The van der Waals surface area contributed by atoms with Crippen molar-refractivity contribution in [2.75, 3.05) is 65.6 Å². The molecule has 1 aliphatic heterocycles. The molecule has 0 radical (unpaired) electrons. The molecule has 12 nitrogen and oxygen atoms in total. The highest BCUT2D eigenvalue weighted by Gasteiger charge is 2.25. The van der Waals surface area contributed by atoms with E-state index < -0.39 is 24.2 Å². The molecular formula is C36H46F4N4O8. The fraction of sp³-hybridized carbons (Fsp3) is 0.444. The summed E-state index contributed by atoms with van der Waals surface area (Å²) < 4.78 is 73.3. The Hall–Kier alpha value is -4.96. The van der Waals surface area contributed by atoms with Crippen molar-refractivity contribution < 1.29 is 50.9 Å². The number of morpholine rings is 1. The van der Waals surface area contributed by atoms with Crippen LogP contribution in [-0.4, -0.2) is 95.5 Å². The molecule has 16 heteroatoms. The Bertz CT molecular complexity index is 1610. The van der Waals surface area contributed by atoms with E-state index in [0.717, 1.165) is 31.6 Å². The lowest BCUT2D eigenvalue weighted by atomic mass is 9.94. The Morgan fingerprint density at radius 2 is 1.65 bits per heavy atom. The molecule has 0 saturated carbocycles. The Kier molecular flexibility index (Phi) is 18.3. The van der Waals surface area contributed by atoms with Gasteiger partial charge in [0.15, 0.2) is 0 Å². The number of nitrogens with zero attached hydrogens (tertiary/aromatic N) is 3. The fourth-order valence-corrected chi connectivity index (χ4v) is 5.18. The average Bonchev–Trinajstić information content (AvgIpc) is 3.14. The SMILES string of the molecule is CCC(CN(C=O)c1c(C)ccn(C(C)COC)c1=O)c1c(F)cc(OC)cc1F.CNC(=O)c1ccc(OC(F)F)cc1.O=CN1CCOCC1. The van der Waals surface area contributed by atoms with Crippen molar-refractivity contribution in [1.29, 1.82) is 0 Å². The third-order valence-electron chi connectivity index (χ3n) is 7.96. The highest BCUT2D eigenvalue weighted by Crippen LogP contribution is 2.31. The number of ether oxygens (including phenoxy) is 4. The third-order valence-corrected chi connectivity index (χ3v) is 7.96. The zero-order valence-electron chi connectivity index (χ0n) is 30.1. The van der Waals surface area contributed by atoms with Crippen molar-refractivity contribution in [2.24, 2.45) is 0 Å². The van der Waals surface area contributed by atoms with Gasteiger partial charge in [0.2, 0.25) is 12.8 Å². The molecule has 1 aliphatic rings. The highest BCUT2D eigenvalue weighted by atomic mass is 19.3. The highest BCUT2D eigenvalue weighted by molar-refractivity contribution is 5.94. The lowest BCUT2D eigenvalue weighted by molar-refractivity contribution is -0.121. The van der Waals surface area contributed by atoms with Crippen molar-refractivity contribution >= 4 is 24.4 Å². The minimum absolute atomic E-state index is 0.0349. The monoisotopic (exact) mass is 738 g/mol. The Morgan fingerprint density at radius 1 is 1.04 bits per heavy atom. The summed E-state index contributed by atoms with van der Waals surface area (Å²) in [6.45, 7) is 5.64. The summed E-state index contributed by atoms with van der Waals surface area (Å²) in [7, 11) is 4.36. The molecule has 1 N–H and O–H groups in total. The summed E-state index contributed by atoms with van der Waals surface area (Å²) in [5.74, 6) is -2.31. The van der Waals surface area contributed by atoms with E-state index in [1.807, 2.05) is 6.92 Å². The third kappa shape index (κ3) is 12.7. The van der Waals surface area contributed by atoms with E-state index in [1.165, 1.54) is 55.0 Å². The normalized spacial score (nSPS) is 13.4. The molecule has 1 fully saturated rings. The molecule has 4 rings (SSSR count). The number of carbonyl (C=O) groups is 3. The predicted octanol–water partition coefficient (Wildman–Crippen LogP) is 4.93. The number of methoxy groups -OCH3 is 2. The van der Waals surface area contributed by atoms with Crippen molar-refractivity contribution in [3.05, 3.63) is 87.3 Å². The number of benzene rings is 2. The van der Waals surface area contributed by atoms with E-state index in [4.69, 9.17) is 14.2 Å². The second kappa shape index (κ2) is 22.1. The quantitative estimate of drug-likeness (QED) is 0.182. The van der Waals surface area contributed by atoms with Crippen LogP contribution in [0.2, 0.25) is 0 Å². The van der Waals surface area contributed by atoms with Gasteiger partial charge in [-0.15, -0.1) is 0 Å². The first-order chi connectivity index (χ1) is 24.8. The molecule has 2 heterocycles. The second-order valence-electron chi connectivity index (χ2n) is 11.5. The first kappa shape index (κ1) is 43.2. The second-order valence-corrected chi connectivity index (χ2v) is 11.5. The molecule has 3 amide bonds. The molecule has 2 aromatic carbocycles. The average molecular weight is 739 g/mol. The number of hydrogen-bond donors (Lipinski definition) is 1. The van der Waals surface area contributed by atoms with Gasteiger partial charge < -0.3 is 38.6 Å². The molecule has 2 atom stereocenters.